The molecule has 1 saturated heterocycles. The van der Waals surface area contributed by atoms with Crippen molar-refractivity contribution >= 4 is 11.8 Å². The van der Waals surface area contributed by atoms with E-state index in [1.165, 1.54) is 0 Å². The minimum Gasteiger partial charge on any atom is -0.492 e. The zero-order valence-electron chi connectivity index (χ0n) is 8.30. The zero-order valence-corrected chi connectivity index (χ0v) is 8.30. The van der Waals surface area contributed by atoms with Gasteiger partial charge in [-0.3, -0.25) is 0 Å². The Balaban J connectivity index is 2.29. The van der Waals surface area contributed by atoms with Crippen LogP contribution >= 0.6 is 0 Å². The minimum absolute atomic E-state index is 0.0563. The van der Waals surface area contributed by atoms with Crippen molar-refractivity contribution in [1.29, 1.82) is 0 Å². The van der Waals surface area contributed by atoms with Crippen molar-refractivity contribution in [3.63, 3.8) is 0 Å². The third kappa shape index (κ3) is 1.87. The van der Waals surface area contributed by atoms with Crippen LogP contribution in [0.4, 0.5) is 10.5 Å². The molecule has 15 heavy (non-hydrogen) atoms. The van der Waals surface area contributed by atoms with E-state index in [-0.39, 0.29) is 6.79 Å². The molecule has 1 fully saturated rings. The van der Waals surface area contributed by atoms with E-state index in [1.54, 1.807) is 18.2 Å². The standard InChI is InChI=1S/C10H11NO4/c1-2-13-9-6-4-3-5-8(9)11-10(12)14-7-15-11/h3-6H,2,7H2,1H3. The number of hydrogen-bond acceptors (Lipinski definition) is 4. The van der Waals surface area contributed by atoms with Crippen molar-refractivity contribution in [1.82, 2.24) is 0 Å². The number of para-hydroxylation sites is 2. The summed E-state index contributed by atoms with van der Waals surface area (Å²) in [6.07, 6.45) is -0.526. The Hall–Kier alpha value is -1.75. The molecule has 5 nitrogen and oxygen atoms in total. The van der Waals surface area contributed by atoms with Gasteiger partial charge in [-0.1, -0.05) is 12.1 Å². The number of carbonyl (C=O) groups is 1. The summed E-state index contributed by atoms with van der Waals surface area (Å²) in [5.41, 5.74) is 0.557. The van der Waals surface area contributed by atoms with Gasteiger partial charge in [0.05, 0.1) is 6.61 Å². The van der Waals surface area contributed by atoms with Crippen LogP contribution in [0.3, 0.4) is 0 Å². The fraction of sp³-hybridized carbons (Fsp3) is 0.300. The van der Waals surface area contributed by atoms with E-state index >= 15 is 0 Å². The Morgan fingerprint density at radius 3 is 2.93 bits per heavy atom. The highest BCUT2D eigenvalue weighted by molar-refractivity contribution is 5.88. The fourth-order valence-electron chi connectivity index (χ4n) is 1.31. The van der Waals surface area contributed by atoms with Crippen molar-refractivity contribution in [2.75, 3.05) is 18.5 Å². The zero-order chi connectivity index (χ0) is 10.7. The molecule has 1 aromatic rings. The second kappa shape index (κ2) is 4.18. The number of rotatable bonds is 3. The van der Waals surface area contributed by atoms with E-state index in [4.69, 9.17) is 9.57 Å². The predicted octanol–water partition coefficient (Wildman–Crippen LogP) is 1.93. The first-order valence-corrected chi connectivity index (χ1v) is 4.64. The summed E-state index contributed by atoms with van der Waals surface area (Å²) in [4.78, 5) is 16.3. The number of benzene rings is 1. The summed E-state index contributed by atoms with van der Waals surface area (Å²) in [5.74, 6) is 0.596. The number of ether oxygens (including phenoxy) is 2. The van der Waals surface area contributed by atoms with Gasteiger partial charge in [-0.25, -0.2) is 9.63 Å². The molecular weight excluding hydrogens is 198 g/mol. The van der Waals surface area contributed by atoms with E-state index in [0.29, 0.717) is 18.0 Å². The highest BCUT2D eigenvalue weighted by Crippen LogP contribution is 2.30. The van der Waals surface area contributed by atoms with Crippen LogP contribution in [0.2, 0.25) is 0 Å². The number of hydroxylamine groups is 1. The lowest BCUT2D eigenvalue weighted by Gasteiger charge is -2.14. The molecule has 0 N–H and O–H groups in total. The lowest BCUT2D eigenvalue weighted by molar-refractivity contribution is 0.0700. The van der Waals surface area contributed by atoms with E-state index < -0.39 is 6.09 Å². The van der Waals surface area contributed by atoms with Gasteiger partial charge in [-0.2, -0.15) is 0 Å². The highest BCUT2D eigenvalue weighted by atomic mass is 16.9. The van der Waals surface area contributed by atoms with Crippen molar-refractivity contribution in [2.24, 2.45) is 0 Å². The van der Waals surface area contributed by atoms with Crippen LogP contribution in [-0.2, 0) is 9.57 Å². The molecule has 80 valence electrons. The third-order valence-electron chi connectivity index (χ3n) is 1.91. The second-order valence-electron chi connectivity index (χ2n) is 2.85. The molecule has 0 aliphatic carbocycles. The van der Waals surface area contributed by atoms with E-state index in [1.807, 2.05) is 13.0 Å². The lowest BCUT2D eigenvalue weighted by Crippen LogP contribution is -2.22. The normalized spacial score (nSPS) is 15.3. The summed E-state index contributed by atoms with van der Waals surface area (Å²) in [6, 6.07) is 7.13. The van der Waals surface area contributed by atoms with Crippen LogP contribution in [0, 0.1) is 0 Å². The molecule has 1 amide bonds. The van der Waals surface area contributed by atoms with E-state index in [9.17, 15) is 4.79 Å². The SMILES string of the molecule is CCOc1ccccc1N1OCOC1=O. The topological polar surface area (TPSA) is 48.0 Å². The number of nitrogens with zero attached hydrogens (tertiary/aromatic N) is 1. The number of cyclic esters (lactones) is 1. The fourth-order valence-corrected chi connectivity index (χ4v) is 1.31. The van der Waals surface area contributed by atoms with Gasteiger partial charge in [0.1, 0.15) is 11.4 Å². The first-order valence-electron chi connectivity index (χ1n) is 4.64. The van der Waals surface area contributed by atoms with Gasteiger partial charge in [0.25, 0.3) is 0 Å². The second-order valence-corrected chi connectivity index (χ2v) is 2.85. The molecule has 2 rings (SSSR count). The Morgan fingerprint density at radius 2 is 2.27 bits per heavy atom. The molecule has 0 radical (unpaired) electrons. The molecule has 1 aliphatic heterocycles. The lowest BCUT2D eigenvalue weighted by atomic mass is 10.3. The molecule has 1 aliphatic rings. The first kappa shape index (κ1) is 9.79. The van der Waals surface area contributed by atoms with Gasteiger partial charge in [0.15, 0.2) is 0 Å². The Bertz CT molecular complexity index is 366. The minimum atomic E-state index is -0.526. The molecule has 0 atom stereocenters. The molecule has 0 bridgehead atoms. The van der Waals surface area contributed by atoms with Crippen LogP contribution in [0.15, 0.2) is 24.3 Å². The number of amides is 1. The molecule has 0 aromatic heterocycles. The Kier molecular flexibility index (Phi) is 2.73. The smallest absolute Gasteiger partial charge is 0.441 e. The quantitative estimate of drug-likeness (QED) is 0.763. The van der Waals surface area contributed by atoms with Crippen LogP contribution in [0.1, 0.15) is 6.92 Å². The summed E-state index contributed by atoms with van der Waals surface area (Å²) >= 11 is 0. The first-order chi connectivity index (χ1) is 7.33. The molecule has 1 heterocycles. The summed E-state index contributed by atoms with van der Waals surface area (Å²) in [7, 11) is 0. The van der Waals surface area contributed by atoms with Gasteiger partial charge in [-0.05, 0) is 19.1 Å². The number of hydrogen-bond donors (Lipinski definition) is 0. The summed E-state index contributed by atoms with van der Waals surface area (Å²) in [6.45, 7) is 2.35. The molecule has 0 saturated carbocycles. The van der Waals surface area contributed by atoms with Crippen LogP contribution < -0.4 is 9.80 Å². The van der Waals surface area contributed by atoms with E-state index in [0.717, 1.165) is 5.06 Å². The monoisotopic (exact) mass is 209 g/mol. The average molecular weight is 209 g/mol. The molecule has 1 aromatic carbocycles. The maximum atomic E-state index is 11.3. The highest BCUT2D eigenvalue weighted by Gasteiger charge is 2.27. The van der Waals surface area contributed by atoms with Crippen LogP contribution in [-0.4, -0.2) is 19.5 Å². The van der Waals surface area contributed by atoms with Gasteiger partial charge < -0.3 is 9.47 Å². The number of carbonyl (C=O) groups excluding carboxylic acids is 1. The van der Waals surface area contributed by atoms with Crippen LogP contribution in [0.25, 0.3) is 0 Å². The predicted molar refractivity (Wildman–Crippen MR) is 52.5 cm³/mol. The summed E-state index contributed by atoms with van der Waals surface area (Å²) < 4.78 is 10.0. The summed E-state index contributed by atoms with van der Waals surface area (Å²) in [5, 5.41) is 1.09. The maximum absolute atomic E-state index is 11.3. The van der Waals surface area contributed by atoms with Crippen molar-refractivity contribution in [3.05, 3.63) is 24.3 Å². The average Bonchev–Trinajstić information content (AvgIpc) is 2.66. The van der Waals surface area contributed by atoms with Crippen molar-refractivity contribution in [3.8, 4) is 5.75 Å². The third-order valence-corrected chi connectivity index (χ3v) is 1.91. The number of anilines is 1. The Labute approximate surface area is 87.1 Å². The van der Waals surface area contributed by atoms with Gasteiger partial charge in [0, 0.05) is 0 Å². The van der Waals surface area contributed by atoms with Gasteiger partial charge >= 0.3 is 6.09 Å². The maximum Gasteiger partial charge on any atom is 0.441 e. The van der Waals surface area contributed by atoms with Crippen LogP contribution in [0.5, 0.6) is 5.75 Å². The van der Waals surface area contributed by atoms with Crippen molar-refractivity contribution < 1.29 is 19.1 Å². The molecule has 0 spiro atoms. The molecule has 0 unspecified atom stereocenters. The Morgan fingerprint density at radius 1 is 1.47 bits per heavy atom. The van der Waals surface area contributed by atoms with Gasteiger partial charge in [-0.15, -0.1) is 5.06 Å². The molecular formula is C10H11NO4. The van der Waals surface area contributed by atoms with Gasteiger partial charge in [0.2, 0.25) is 6.79 Å². The van der Waals surface area contributed by atoms with Crippen molar-refractivity contribution in [2.45, 2.75) is 6.92 Å². The largest absolute Gasteiger partial charge is 0.492 e. The van der Waals surface area contributed by atoms with E-state index in [2.05, 4.69) is 4.74 Å². The molecule has 5 heteroatoms.